The van der Waals surface area contributed by atoms with E-state index in [-0.39, 0.29) is 12.6 Å². The summed E-state index contributed by atoms with van der Waals surface area (Å²) in [4.78, 5) is 0. The van der Waals surface area contributed by atoms with Gasteiger partial charge >= 0.3 is 0 Å². The van der Waals surface area contributed by atoms with Crippen molar-refractivity contribution in [3.63, 3.8) is 0 Å². The number of ether oxygens (including phenoxy) is 1. The van der Waals surface area contributed by atoms with Crippen LogP contribution in [0.4, 0.5) is 5.69 Å². The smallest absolute Gasteiger partial charge is 0.141 e. The zero-order chi connectivity index (χ0) is 14.7. The summed E-state index contributed by atoms with van der Waals surface area (Å²) >= 11 is 0. The van der Waals surface area contributed by atoms with Crippen LogP contribution < -0.4 is 10.1 Å². The molecule has 2 aromatic rings. The van der Waals surface area contributed by atoms with Gasteiger partial charge in [0.2, 0.25) is 0 Å². The monoisotopic (exact) mass is 283 g/mol. The Bertz CT molecular complexity index is 590. The zero-order valence-electron chi connectivity index (χ0n) is 12.3. The molecule has 0 radical (unpaired) electrons. The largest absolute Gasteiger partial charge is 0.495 e. The molecule has 1 fully saturated rings. The number of aliphatic hydroxyl groups excluding tert-OH is 1. The minimum atomic E-state index is -0.130. The van der Waals surface area contributed by atoms with Gasteiger partial charge in [-0.05, 0) is 42.0 Å². The summed E-state index contributed by atoms with van der Waals surface area (Å²) < 4.78 is 5.34. The molecule has 0 saturated heterocycles. The quantitative estimate of drug-likeness (QED) is 0.849. The molecule has 1 aliphatic carbocycles. The Morgan fingerprint density at radius 3 is 2.48 bits per heavy atom. The van der Waals surface area contributed by atoms with Crippen molar-refractivity contribution >= 4 is 5.69 Å². The van der Waals surface area contributed by atoms with E-state index in [4.69, 9.17) is 4.74 Å². The molecular weight excluding hydrogens is 262 g/mol. The normalized spacial score (nSPS) is 15.5. The van der Waals surface area contributed by atoms with Gasteiger partial charge in [0, 0.05) is 0 Å². The molecule has 0 aliphatic heterocycles. The van der Waals surface area contributed by atoms with Gasteiger partial charge in [-0.25, -0.2) is 0 Å². The molecule has 0 aromatic heterocycles. The second-order valence-corrected chi connectivity index (χ2v) is 5.52. The Labute approximate surface area is 125 Å². The van der Waals surface area contributed by atoms with Crippen LogP contribution in [0.5, 0.6) is 5.75 Å². The van der Waals surface area contributed by atoms with E-state index in [2.05, 4.69) is 29.6 Å². The van der Waals surface area contributed by atoms with E-state index in [0.29, 0.717) is 0 Å². The molecule has 1 saturated carbocycles. The fourth-order valence-electron chi connectivity index (χ4n) is 2.60. The summed E-state index contributed by atoms with van der Waals surface area (Å²) in [5, 5.41) is 13.0. The van der Waals surface area contributed by atoms with Crippen LogP contribution in [0.3, 0.4) is 0 Å². The van der Waals surface area contributed by atoms with Gasteiger partial charge in [-0.15, -0.1) is 0 Å². The Kier molecular flexibility index (Phi) is 4.11. The van der Waals surface area contributed by atoms with Crippen molar-refractivity contribution in [2.24, 2.45) is 0 Å². The predicted molar refractivity (Wildman–Crippen MR) is 84.9 cm³/mol. The third-order valence-corrected chi connectivity index (χ3v) is 4.01. The maximum Gasteiger partial charge on any atom is 0.141 e. The third-order valence-electron chi connectivity index (χ3n) is 4.01. The molecule has 3 heteroatoms. The summed E-state index contributed by atoms with van der Waals surface area (Å²) in [5.41, 5.74) is 3.39. The molecule has 2 aromatic carbocycles. The first kappa shape index (κ1) is 14.0. The van der Waals surface area contributed by atoms with Crippen LogP contribution in [-0.4, -0.2) is 18.8 Å². The van der Waals surface area contributed by atoms with Crippen molar-refractivity contribution < 1.29 is 9.84 Å². The minimum Gasteiger partial charge on any atom is -0.495 e. The molecule has 110 valence electrons. The van der Waals surface area contributed by atoms with E-state index >= 15 is 0 Å². The van der Waals surface area contributed by atoms with Gasteiger partial charge in [0.15, 0.2) is 0 Å². The molecule has 1 aliphatic rings. The van der Waals surface area contributed by atoms with Crippen molar-refractivity contribution in [2.45, 2.75) is 24.8 Å². The van der Waals surface area contributed by atoms with E-state index in [9.17, 15) is 5.11 Å². The highest BCUT2D eigenvalue weighted by atomic mass is 16.5. The lowest BCUT2D eigenvalue weighted by molar-refractivity contribution is 0.276. The summed E-state index contributed by atoms with van der Waals surface area (Å²) in [7, 11) is 1.65. The van der Waals surface area contributed by atoms with Crippen molar-refractivity contribution in [1.29, 1.82) is 0 Å². The summed E-state index contributed by atoms with van der Waals surface area (Å²) in [6, 6.07) is 16.2. The SMILES string of the molecule is COc1ccccc1NC(CO)c1ccc(C2CC2)cc1. The minimum absolute atomic E-state index is 0.0425. The predicted octanol–water partition coefficient (Wildman–Crippen LogP) is 3.72. The molecular formula is C18H21NO2. The Hall–Kier alpha value is -2.00. The highest BCUT2D eigenvalue weighted by molar-refractivity contribution is 5.57. The Morgan fingerprint density at radius 2 is 1.86 bits per heavy atom. The number of para-hydroxylation sites is 2. The fourth-order valence-corrected chi connectivity index (χ4v) is 2.60. The van der Waals surface area contributed by atoms with Gasteiger partial charge in [-0.1, -0.05) is 36.4 Å². The van der Waals surface area contributed by atoms with E-state index in [1.165, 1.54) is 18.4 Å². The molecule has 0 spiro atoms. The first-order chi connectivity index (χ1) is 10.3. The summed E-state index contributed by atoms with van der Waals surface area (Å²) in [6.07, 6.45) is 2.62. The van der Waals surface area contributed by atoms with Gasteiger partial charge in [0.05, 0.1) is 25.4 Å². The van der Waals surface area contributed by atoms with Crippen molar-refractivity contribution in [3.05, 3.63) is 59.7 Å². The van der Waals surface area contributed by atoms with E-state index in [1.807, 2.05) is 24.3 Å². The van der Waals surface area contributed by atoms with E-state index in [0.717, 1.165) is 22.9 Å². The maximum atomic E-state index is 9.69. The molecule has 1 atom stereocenters. The lowest BCUT2D eigenvalue weighted by atomic mass is 10.0. The van der Waals surface area contributed by atoms with Crippen LogP contribution in [0.2, 0.25) is 0 Å². The van der Waals surface area contributed by atoms with Crippen LogP contribution in [0.1, 0.15) is 35.9 Å². The van der Waals surface area contributed by atoms with Gasteiger partial charge < -0.3 is 15.2 Å². The average Bonchev–Trinajstić information content (AvgIpc) is 3.38. The lowest BCUT2D eigenvalue weighted by Gasteiger charge is -2.20. The molecule has 3 nitrogen and oxygen atoms in total. The van der Waals surface area contributed by atoms with Gasteiger partial charge in [0.25, 0.3) is 0 Å². The highest BCUT2D eigenvalue weighted by Crippen LogP contribution is 2.40. The number of nitrogens with one attached hydrogen (secondary N) is 1. The Balaban J connectivity index is 1.77. The fraction of sp³-hybridized carbons (Fsp3) is 0.333. The molecule has 3 rings (SSSR count). The molecule has 0 bridgehead atoms. The van der Waals surface area contributed by atoms with Crippen LogP contribution in [0.25, 0.3) is 0 Å². The van der Waals surface area contributed by atoms with E-state index < -0.39 is 0 Å². The van der Waals surface area contributed by atoms with Crippen molar-refractivity contribution in [1.82, 2.24) is 0 Å². The third kappa shape index (κ3) is 3.19. The second kappa shape index (κ2) is 6.19. The number of aliphatic hydroxyl groups is 1. The van der Waals surface area contributed by atoms with Gasteiger partial charge in [-0.3, -0.25) is 0 Å². The topological polar surface area (TPSA) is 41.5 Å². The zero-order valence-corrected chi connectivity index (χ0v) is 12.3. The standard InChI is InChI=1S/C18H21NO2/c1-21-18-5-3-2-4-16(18)19-17(12-20)15-10-8-14(9-11-15)13-6-7-13/h2-5,8-11,13,17,19-20H,6-7,12H2,1H3. The second-order valence-electron chi connectivity index (χ2n) is 5.52. The summed E-state index contributed by atoms with van der Waals surface area (Å²) in [5.74, 6) is 1.54. The number of anilines is 1. The molecule has 2 N–H and O–H groups in total. The first-order valence-corrected chi connectivity index (χ1v) is 7.42. The van der Waals surface area contributed by atoms with Crippen LogP contribution in [-0.2, 0) is 0 Å². The van der Waals surface area contributed by atoms with Gasteiger partial charge in [-0.2, -0.15) is 0 Å². The molecule has 0 heterocycles. The first-order valence-electron chi connectivity index (χ1n) is 7.42. The van der Waals surface area contributed by atoms with Crippen molar-refractivity contribution in [2.75, 3.05) is 19.0 Å². The average molecular weight is 283 g/mol. The highest BCUT2D eigenvalue weighted by Gasteiger charge is 2.23. The number of rotatable bonds is 6. The van der Waals surface area contributed by atoms with Crippen LogP contribution in [0.15, 0.2) is 48.5 Å². The Morgan fingerprint density at radius 1 is 1.14 bits per heavy atom. The summed E-state index contributed by atoms with van der Waals surface area (Å²) in [6.45, 7) is 0.0425. The number of hydrogen-bond donors (Lipinski definition) is 2. The molecule has 21 heavy (non-hydrogen) atoms. The number of methoxy groups -OCH3 is 1. The van der Waals surface area contributed by atoms with Crippen LogP contribution >= 0.6 is 0 Å². The van der Waals surface area contributed by atoms with Crippen molar-refractivity contribution in [3.8, 4) is 5.75 Å². The van der Waals surface area contributed by atoms with E-state index in [1.54, 1.807) is 7.11 Å². The molecule has 0 amide bonds. The van der Waals surface area contributed by atoms with Crippen LogP contribution in [0, 0.1) is 0 Å². The molecule has 1 unspecified atom stereocenters. The van der Waals surface area contributed by atoms with Gasteiger partial charge in [0.1, 0.15) is 5.75 Å². The maximum absolute atomic E-state index is 9.69. The number of hydrogen-bond acceptors (Lipinski definition) is 3. The lowest BCUT2D eigenvalue weighted by Crippen LogP contribution is -2.15. The number of benzene rings is 2.